The lowest BCUT2D eigenvalue weighted by atomic mass is 10.3. The molecule has 0 atom stereocenters. The number of nitrogens with zero attached hydrogens (tertiary/aromatic N) is 3. The molecule has 1 N–H and O–H groups in total. The number of carbonyl (C=O) groups excluding carboxylic acids is 1. The maximum Gasteiger partial charge on any atom is 0.180 e. The molecule has 0 amide bonds. The summed E-state index contributed by atoms with van der Waals surface area (Å²) in [4.78, 5) is 22.3. The van der Waals surface area contributed by atoms with Gasteiger partial charge in [-0.3, -0.25) is 4.79 Å². The fourth-order valence-electron chi connectivity index (χ4n) is 2.46. The van der Waals surface area contributed by atoms with Gasteiger partial charge in [0.2, 0.25) is 0 Å². The van der Waals surface area contributed by atoms with Crippen LogP contribution in [0.1, 0.15) is 16.6 Å². The Morgan fingerprint density at radius 3 is 2.75 bits per heavy atom. The van der Waals surface area contributed by atoms with Gasteiger partial charge in [0.15, 0.2) is 17.2 Å². The summed E-state index contributed by atoms with van der Waals surface area (Å²) in [5, 5.41) is 3.32. The zero-order valence-corrected chi connectivity index (χ0v) is 13.7. The Labute approximate surface area is 142 Å². The van der Waals surface area contributed by atoms with Crippen LogP contribution in [0.2, 0.25) is 0 Å². The van der Waals surface area contributed by atoms with E-state index in [1.165, 1.54) is 11.3 Å². The highest BCUT2D eigenvalue weighted by atomic mass is 32.1. The van der Waals surface area contributed by atoms with Crippen molar-refractivity contribution in [2.75, 3.05) is 5.32 Å². The van der Waals surface area contributed by atoms with Gasteiger partial charge in [-0.05, 0) is 31.2 Å². The van der Waals surface area contributed by atoms with Crippen LogP contribution in [0.4, 0.5) is 11.5 Å². The van der Waals surface area contributed by atoms with Gasteiger partial charge < -0.3 is 9.72 Å². The molecule has 0 unspecified atom stereocenters. The van der Waals surface area contributed by atoms with Gasteiger partial charge in [0.05, 0.1) is 15.4 Å². The number of Topliss-reactive ketones (excluding diaryl/α,β-unsaturated/α-hetero) is 1. The number of aromatic nitrogens is 3. The molecule has 6 heteroatoms. The molecule has 0 radical (unpaired) electrons. The molecule has 0 saturated heterocycles. The van der Waals surface area contributed by atoms with Gasteiger partial charge in [0, 0.05) is 24.3 Å². The highest BCUT2D eigenvalue weighted by molar-refractivity contribution is 7.17. The van der Waals surface area contributed by atoms with Crippen LogP contribution in [0.3, 0.4) is 0 Å². The first-order valence-electron chi connectivity index (χ1n) is 7.47. The van der Waals surface area contributed by atoms with Crippen molar-refractivity contribution in [1.82, 2.24) is 14.4 Å². The lowest BCUT2D eigenvalue weighted by Crippen LogP contribution is -1.99. The topological polar surface area (TPSA) is 59.3 Å². The Balaban J connectivity index is 1.81. The second-order valence-electron chi connectivity index (χ2n) is 5.34. The van der Waals surface area contributed by atoms with Crippen molar-refractivity contribution in [3.05, 3.63) is 65.9 Å². The van der Waals surface area contributed by atoms with E-state index in [0.29, 0.717) is 5.82 Å². The number of imidazole rings is 1. The van der Waals surface area contributed by atoms with Crippen LogP contribution in [0, 0.1) is 0 Å². The van der Waals surface area contributed by atoms with E-state index in [2.05, 4.69) is 10.3 Å². The summed E-state index contributed by atoms with van der Waals surface area (Å²) in [5.41, 5.74) is 2.50. The fourth-order valence-corrected chi connectivity index (χ4v) is 3.31. The van der Waals surface area contributed by atoms with Crippen LogP contribution < -0.4 is 5.32 Å². The summed E-state index contributed by atoms with van der Waals surface area (Å²) in [5.74, 6) is 0.749. The summed E-state index contributed by atoms with van der Waals surface area (Å²) >= 11 is 1.45. The van der Waals surface area contributed by atoms with Crippen LogP contribution in [-0.4, -0.2) is 20.2 Å². The van der Waals surface area contributed by atoms with E-state index in [0.717, 1.165) is 26.8 Å². The predicted molar refractivity (Wildman–Crippen MR) is 96.0 cm³/mol. The molecule has 118 valence electrons. The van der Waals surface area contributed by atoms with E-state index in [9.17, 15) is 4.79 Å². The summed E-state index contributed by atoms with van der Waals surface area (Å²) in [7, 11) is 0. The van der Waals surface area contributed by atoms with Crippen LogP contribution in [-0.2, 0) is 0 Å². The summed E-state index contributed by atoms with van der Waals surface area (Å²) in [6.07, 6.45) is 5.55. The molecule has 0 fully saturated rings. The number of nitrogens with one attached hydrogen (secondary N) is 1. The van der Waals surface area contributed by atoms with Gasteiger partial charge in [-0.25, -0.2) is 9.97 Å². The number of ketones is 1. The lowest BCUT2D eigenvalue weighted by molar-refractivity contribution is 0.102. The van der Waals surface area contributed by atoms with E-state index < -0.39 is 0 Å². The first-order chi connectivity index (χ1) is 11.7. The van der Waals surface area contributed by atoms with E-state index in [1.807, 2.05) is 59.3 Å². The summed E-state index contributed by atoms with van der Waals surface area (Å²) < 4.78 is 1.93. The molecule has 4 rings (SSSR count). The molecule has 0 aliphatic carbocycles. The smallest absolute Gasteiger partial charge is 0.180 e. The van der Waals surface area contributed by atoms with E-state index in [4.69, 9.17) is 4.98 Å². The zero-order chi connectivity index (χ0) is 16.5. The Bertz CT molecular complexity index is 1020. The van der Waals surface area contributed by atoms with Crippen molar-refractivity contribution in [2.24, 2.45) is 0 Å². The molecule has 0 saturated carbocycles. The van der Waals surface area contributed by atoms with Gasteiger partial charge in [-0.2, -0.15) is 0 Å². The number of fused-ring (bicyclic) bond motifs is 1. The average Bonchev–Trinajstić information content (AvgIpc) is 3.25. The molecule has 24 heavy (non-hydrogen) atoms. The third kappa shape index (κ3) is 2.68. The molecule has 0 spiro atoms. The molecule has 3 heterocycles. The number of hydrogen-bond acceptors (Lipinski definition) is 5. The normalized spacial score (nSPS) is 10.9. The number of carbonyl (C=O) groups is 1. The van der Waals surface area contributed by atoms with Crippen molar-refractivity contribution in [3.8, 4) is 10.6 Å². The third-order valence-corrected chi connectivity index (χ3v) is 4.82. The number of thiophene rings is 1. The van der Waals surface area contributed by atoms with Gasteiger partial charge in [-0.15, -0.1) is 11.3 Å². The van der Waals surface area contributed by atoms with E-state index in [-0.39, 0.29) is 5.78 Å². The van der Waals surface area contributed by atoms with E-state index in [1.54, 1.807) is 13.1 Å². The molecular weight excluding hydrogens is 320 g/mol. The van der Waals surface area contributed by atoms with Gasteiger partial charge in [-0.1, -0.05) is 18.2 Å². The molecule has 4 aromatic rings. The molecule has 0 aliphatic rings. The number of benzene rings is 1. The lowest BCUT2D eigenvalue weighted by Gasteiger charge is -2.09. The number of hydrogen-bond donors (Lipinski definition) is 1. The van der Waals surface area contributed by atoms with Crippen molar-refractivity contribution in [3.63, 3.8) is 0 Å². The largest absolute Gasteiger partial charge is 0.337 e. The minimum absolute atomic E-state index is 0.0672. The monoisotopic (exact) mass is 334 g/mol. The zero-order valence-electron chi connectivity index (χ0n) is 12.9. The maximum atomic E-state index is 11.5. The molecular formula is C18H14N4OS. The average molecular weight is 334 g/mol. The van der Waals surface area contributed by atoms with Crippen molar-refractivity contribution in [2.45, 2.75) is 6.92 Å². The van der Waals surface area contributed by atoms with Crippen molar-refractivity contribution >= 4 is 34.3 Å². The minimum atomic E-state index is 0.0672. The SMILES string of the molecule is CC(=O)c1ccc(-c2cn3ccnc3c(Nc3ccccc3)n2)s1. The number of rotatable bonds is 4. The van der Waals surface area contributed by atoms with Crippen molar-refractivity contribution < 1.29 is 4.79 Å². The Kier molecular flexibility index (Phi) is 3.59. The van der Waals surface area contributed by atoms with Gasteiger partial charge >= 0.3 is 0 Å². The highest BCUT2D eigenvalue weighted by Crippen LogP contribution is 2.29. The Hall–Kier alpha value is -2.99. The first kappa shape index (κ1) is 14.6. The van der Waals surface area contributed by atoms with E-state index >= 15 is 0 Å². The van der Waals surface area contributed by atoms with Crippen LogP contribution in [0.5, 0.6) is 0 Å². The van der Waals surface area contributed by atoms with Gasteiger partial charge in [0.25, 0.3) is 0 Å². The predicted octanol–water partition coefficient (Wildman–Crippen LogP) is 4.40. The minimum Gasteiger partial charge on any atom is -0.337 e. The Morgan fingerprint density at radius 2 is 2.00 bits per heavy atom. The quantitative estimate of drug-likeness (QED) is 0.562. The second kappa shape index (κ2) is 5.90. The second-order valence-corrected chi connectivity index (χ2v) is 6.43. The van der Waals surface area contributed by atoms with Crippen LogP contribution >= 0.6 is 11.3 Å². The van der Waals surface area contributed by atoms with Crippen molar-refractivity contribution in [1.29, 1.82) is 0 Å². The van der Waals surface area contributed by atoms with Gasteiger partial charge in [0.1, 0.15) is 0 Å². The molecule has 0 aliphatic heterocycles. The molecule has 1 aromatic carbocycles. The number of anilines is 2. The standard InChI is InChI=1S/C18H14N4OS/c1-12(23)15-7-8-16(24-15)14-11-22-10-9-19-18(22)17(21-14)20-13-5-3-2-4-6-13/h2-11H,1H3,(H,20,21). The fraction of sp³-hybridized carbons (Fsp3) is 0.0556. The first-order valence-corrected chi connectivity index (χ1v) is 8.29. The highest BCUT2D eigenvalue weighted by Gasteiger charge is 2.12. The Morgan fingerprint density at radius 1 is 1.17 bits per heavy atom. The maximum absolute atomic E-state index is 11.5. The summed E-state index contributed by atoms with van der Waals surface area (Å²) in [6, 6.07) is 13.6. The van der Waals surface area contributed by atoms with Crippen LogP contribution in [0.25, 0.3) is 16.2 Å². The summed E-state index contributed by atoms with van der Waals surface area (Å²) in [6.45, 7) is 1.57. The molecule has 0 bridgehead atoms. The third-order valence-electron chi connectivity index (χ3n) is 3.62. The molecule has 5 nitrogen and oxygen atoms in total. The van der Waals surface area contributed by atoms with Crippen LogP contribution in [0.15, 0.2) is 61.1 Å². The number of para-hydroxylation sites is 1. The molecule has 3 aromatic heterocycles.